The van der Waals surface area contributed by atoms with E-state index in [9.17, 15) is 21.6 Å². The van der Waals surface area contributed by atoms with Gasteiger partial charge < -0.3 is 19.3 Å². The Hall–Kier alpha value is -4.37. The molecule has 4 aromatic rings. The molecular weight excluding hydrogens is 587 g/mol. The molecule has 0 unspecified atom stereocenters. The fourth-order valence-corrected chi connectivity index (χ4v) is 5.70. The molecular formula is C28H30F3N7O4S. The summed E-state index contributed by atoms with van der Waals surface area (Å²) in [6, 6.07) is 11.2. The number of hydrogen-bond acceptors (Lipinski definition) is 9. The fraction of sp³-hybridized carbons (Fsp3) is 0.321. The third-order valence-electron chi connectivity index (χ3n) is 6.88. The lowest BCUT2D eigenvalue weighted by molar-refractivity contribution is -0.274. The zero-order valence-electron chi connectivity index (χ0n) is 23.9. The highest BCUT2D eigenvalue weighted by molar-refractivity contribution is 7.92. The van der Waals surface area contributed by atoms with Gasteiger partial charge in [-0.25, -0.2) is 18.1 Å². The number of nitrogens with one attached hydrogen (secondary N) is 1. The SMILES string of the molecule is Cc1cccc(C)c1-c1cc(Oc2ccc(OC(F)(F)F)c(N3CCN(C)CC3)c2)nc(NS(=O)(=O)c2cnn(C)c2)n1. The molecule has 15 heteroatoms. The minimum Gasteiger partial charge on any atom is -0.439 e. The molecule has 11 nitrogen and oxygen atoms in total. The number of piperazine rings is 1. The number of anilines is 2. The van der Waals surface area contributed by atoms with Gasteiger partial charge in [0.25, 0.3) is 10.0 Å². The largest absolute Gasteiger partial charge is 0.573 e. The predicted octanol–water partition coefficient (Wildman–Crippen LogP) is 4.74. The van der Waals surface area contributed by atoms with E-state index in [2.05, 4.69) is 29.4 Å². The molecule has 0 amide bonds. The van der Waals surface area contributed by atoms with Crippen molar-refractivity contribution in [3.05, 3.63) is 66.0 Å². The van der Waals surface area contributed by atoms with Crippen molar-refractivity contribution in [3.63, 3.8) is 0 Å². The number of nitrogens with zero attached hydrogens (tertiary/aromatic N) is 6. The monoisotopic (exact) mass is 617 g/mol. The van der Waals surface area contributed by atoms with Gasteiger partial charge in [-0.05, 0) is 44.2 Å². The summed E-state index contributed by atoms with van der Waals surface area (Å²) < 4.78 is 79.9. The standard InChI is InChI=1S/C28H30F3N7O4S/c1-18-6-5-7-19(2)26(18)22-15-25(34-27(33-22)35-43(39,40)21-16-32-37(4)17-21)41-20-8-9-24(42-28(29,30)31)23(14-20)38-12-10-36(3)11-13-38/h5-9,14-17H,10-13H2,1-4H3,(H,33,34,35). The molecule has 1 aliphatic rings. The molecule has 0 spiro atoms. The highest BCUT2D eigenvalue weighted by Gasteiger charge is 2.33. The molecule has 5 rings (SSSR count). The molecule has 3 heterocycles. The van der Waals surface area contributed by atoms with Crippen LogP contribution in [-0.4, -0.2) is 72.7 Å². The van der Waals surface area contributed by atoms with Crippen LogP contribution in [0.15, 0.2) is 59.8 Å². The summed E-state index contributed by atoms with van der Waals surface area (Å²) in [6.45, 7) is 6.07. The van der Waals surface area contributed by atoms with Crippen LogP contribution in [-0.2, 0) is 17.1 Å². The molecule has 2 aromatic heterocycles. The molecule has 1 fully saturated rings. The van der Waals surface area contributed by atoms with Crippen molar-refractivity contribution in [2.24, 2.45) is 7.05 Å². The number of rotatable bonds is 8. The first-order valence-corrected chi connectivity index (χ1v) is 14.7. The maximum atomic E-state index is 13.2. The van der Waals surface area contributed by atoms with Crippen molar-refractivity contribution in [1.29, 1.82) is 0 Å². The van der Waals surface area contributed by atoms with Crippen molar-refractivity contribution in [1.82, 2.24) is 24.6 Å². The average Bonchev–Trinajstić information content (AvgIpc) is 3.36. The van der Waals surface area contributed by atoms with Gasteiger partial charge in [0.05, 0.1) is 17.6 Å². The van der Waals surface area contributed by atoms with E-state index in [1.165, 1.54) is 35.3 Å². The van der Waals surface area contributed by atoms with E-state index in [0.717, 1.165) is 16.7 Å². The fourth-order valence-electron chi connectivity index (χ4n) is 4.77. The van der Waals surface area contributed by atoms with Crippen molar-refractivity contribution in [2.75, 3.05) is 42.8 Å². The number of likely N-dealkylation sites (N-methyl/N-ethyl adjacent to an activating group) is 1. The van der Waals surface area contributed by atoms with Crippen LogP contribution < -0.4 is 19.1 Å². The molecule has 1 N–H and O–H groups in total. The predicted molar refractivity (Wildman–Crippen MR) is 154 cm³/mol. The Balaban J connectivity index is 1.55. The van der Waals surface area contributed by atoms with Crippen LogP contribution in [0.5, 0.6) is 17.4 Å². The Morgan fingerprint density at radius 1 is 0.953 bits per heavy atom. The molecule has 228 valence electrons. The van der Waals surface area contributed by atoms with Gasteiger partial charge in [-0.2, -0.15) is 10.1 Å². The third-order valence-corrected chi connectivity index (χ3v) is 8.16. The Bertz CT molecular complexity index is 1720. The Morgan fingerprint density at radius 2 is 1.65 bits per heavy atom. The zero-order valence-corrected chi connectivity index (χ0v) is 24.7. The molecule has 0 bridgehead atoms. The molecule has 1 aliphatic heterocycles. The van der Waals surface area contributed by atoms with Gasteiger partial charge in [-0.3, -0.25) is 4.68 Å². The van der Waals surface area contributed by atoms with Gasteiger partial charge in [-0.15, -0.1) is 13.2 Å². The summed E-state index contributed by atoms with van der Waals surface area (Å²) in [6.07, 6.45) is -2.35. The molecule has 0 aliphatic carbocycles. The molecule has 43 heavy (non-hydrogen) atoms. The van der Waals surface area contributed by atoms with E-state index < -0.39 is 16.4 Å². The molecule has 0 radical (unpaired) electrons. The molecule has 0 atom stereocenters. The van der Waals surface area contributed by atoms with E-state index in [0.29, 0.717) is 31.9 Å². The van der Waals surface area contributed by atoms with Crippen LogP contribution in [0.25, 0.3) is 11.3 Å². The van der Waals surface area contributed by atoms with Crippen LogP contribution in [0.3, 0.4) is 0 Å². The van der Waals surface area contributed by atoms with E-state index in [4.69, 9.17) is 4.74 Å². The van der Waals surface area contributed by atoms with Gasteiger partial charge in [0, 0.05) is 57.1 Å². The first-order chi connectivity index (χ1) is 20.3. The van der Waals surface area contributed by atoms with Gasteiger partial charge in [0.2, 0.25) is 11.8 Å². The van der Waals surface area contributed by atoms with Gasteiger partial charge >= 0.3 is 6.36 Å². The van der Waals surface area contributed by atoms with Crippen LogP contribution in [0, 0.1) is 13.8 Å². The van der Waals surface area contributed by atoms with E-state index >= 15 is 0 Å². The smallest absolute Gasteiger partial charge is 0.439 e. The summed E-state index contributed by atoms with van der Waals surface area (Å²) in [5.41, 5.74) is 3.13. The molecule has 2 aromatic carbocycles. The van der Waals surface area contributed by atoms with Gasteiger partial charge in [-0.1, -0.05) is 18.2 Å². The number of halogens is 3. The van der Waals surface area contributed by atoms with Crippen molar-refractivity contribution >= 4 is 21.7 Å². The maximum absolute atomic E-state index is 13.2. The highest BCUT2D eigenvalue weighted by Crippen LogP contribution is 2.38. The summed E-state index contributed by atoms with van der Waals surface area (Å²) >= 11 is 0. The maximum Gasteiger partial charge on any atom is 0.573 e. The summed E-state index contributed by atoms with van der Waals surface area (Å²) in [7, 11) is -0.572. The van der Waals surface area contributed by atoms with Gasteiger partial charge in [0.1, 0.15) is 10.6 Å². The second-order valence-electron chi connectivity index (χ2n) is 10.2. The van der Waals surface area contributed by atoms with Crippen molar-refractivity contribution < 1.29 is 31.1 Å². The van der Waals surface area contributed by atoms with E-state index in [1.54, 1.807) is 18.0 Å². The lowest BCUT2D eigenvalue weighted by Crippen LogP contribution is -2.44. The highest BCUT2D eigenvalue weighted by atomic mass is 32.2. The van der Waals surface area contributed by atoms with E-state index in [-0.39, 0.29) is 33.9 Å². The number of ether oxygens (including phenoxy) is 2. The lowest BCUT2D eigenvalue weighted by atomic mass is 10.00. The second kappa shape index (κ2) is 11.7. The second-order valence-corrected chi connectivity index (χ2v) is 11.9. The number of sulfonamides is 1. The third kappa shape index (κ3) is 7.17. The van der Waals surface area contributed by atoms with Crippen LogP contribution in [0.2, 0.25) is 0 Å². The molecule has 0 saturated carbocycles. The van der Waals surface area contributed by atoms with Crippen LogP contribution in [0.4, 0.5) is 24.8 Å². The minimum absolute atomic E-state index is 0.0228. The number of benzene rings is 2. The number of aromatic nitrogens is 4. The summed E-state index contributed by atoms with van der Waals surface area (Å²) in [4.78, 5) is 12.5. The normalized spacial score (nSPS) is 14.5. The first kappa shape index (κ1) is 30.1. The Morgan fingerprint density at radius 3 is 2.28 bits per heavy atom. The number of aryl methyl sites for hydroxylation is 3. The topological polar surface area (TPSA) is 115 Å². The molecule has 1 saturated heterocycles. The first-order valence-electron chi connectivity index (χ1n) is 13.3. The lowest BCUT2D eigenvalue weighted by Gasteiger charge is -2.35. The van der Waals surface area contributed by atoms with Crippen LogP contribution >= 0.6 is 0 Å². The van der Waals surface area contributed by atoms with Crippen molar-refractivity contribution in [3.8, 4) is 28.6 Å². The van der Waals surface area contributed by atoms with Crippen LogP contribution in [0.1, 0.15) is 11.1 Å². The summed E-state index contributed by atoms with van der Waals surface area (Å²) in [5, 5.41) is 3.91. The summed E-state index contributed by atoms with van der Waals surface area (Å²) in [5.74, 6) is -0.454. The van der Waals surface area contributed by atoms with Gasteiger partial charge in [0.15, 0.2) is 5.75 Å². The zero-order chi connectivity index (χ0) is 30.9. The van der Waals surface area contributed by atoms with Crippen molar-refractivity contribution in [2.45, 2.75) is 25.1 Å². The number of hydrogen-bond donors (Lipinski definition) is 1. The number of alkyl halides is 3. The Labute approximate surface area is 246 Å². The minimum atomic E-state index is -4.88. The average molecular weight is 618 g/mol. The Kier molecular flexibility index (Phi) is 8.21. The quantitative estimate of drug-likeness (QED) is 0.300. The van der Waals surface area contributed by atoms with E-state index in [1.807, 2.05) is 39.1 Å².